The molecule has 0 fully saturated rings. The number of pyridine rings is 1. The summed E-state index contributed by atoms with van der Waals surface area (Å²) in [5.74, 6) is 0.629. The number of nitrogens with zero attached hydrogens (tertiary/aromatic N) is 1. The van der Waals surface area contributed by atoms with E-state index in [1.165, 1.54) is 6.92 Å². The van der Waals surface area contributed by atoms with Crippen LogP contribution in [0.15, 0.2) is 47.3 Å². The van der Waals surface area contributed by atoms with Crippen LogP contribution in [-0.4, -0.2) is 22.9 Å². The molecule has 3 rings (SSSR count). The predicted molar refractivity (Wildman–Crippen MR) is 107 cm³/mol. The van der Waals surface area contributed by atoms with E-state index in [2.05, 4.69) is 4.98 Å². The maximum absolute atomic E-state index is 12.6. The number of amides is 1. The molecule has 0 unspecified atom stereocenters. The third-order valence-electron chi connectivity index (χ3n) is 4.88. The first-order valence-electron chi connectivity index (χ1n) is 8.90. The molecule has 140 valence electrons. The minimum atomic E-state index is -0.164. The maximum Gasteiger partial charge on any atom is 0.253 e. The van der Waals surface area contributed by atoms with Gasteiger partial charge in [-0.05, 0) is 37.1 Å². The van der Waals surface area contributed by atoms with Gasteiger partial charge in [-0.1, -0.05) is 30.3 Å². The number of aromatic amines is 1. The van der Waals surface area contributed by atoms with Gasteiger partial charge in [0.05, 0.1) is 19.2 Å². The number of para-hydroxylation sites is 1. The Morgan fingerprint density at radius 2 is 1.70 bits per heavy atom. The van der Waals surface area contributed by atoms with Gasteiger partial charge >= 0.3 is 0 Å². The van der Waals surface area contributed by atoms with Crippen molar-refractivity contribution in [3.63, 3.8) is 0 Å². The fraction of sp³-hybridized carbons (Fsp3) is 0.273. The van der Waals surface area contributed by atoms with Gasteiger partial charge in [-0.15, -0.1) is 0 Å². The number of ether oxygens (including phenoxy) is 1. The summed E-state index contributed by atoms with van der Waals surface area (Å²) in [6, 6.07) is 13.5. The van der Waals surface area contributed by atoms with Gasteiger partial charge in [-0.3, -0.25) is 9.59 Å². The molecule has 3 aromatic rings. The molecule has 0 aliphatic rings. The van der Waals surface area contributed by atoms with Crippen LogP contribution in [0.4, 0.5) is 0 Å². The number of H-pyrrole nitrogens is 1. The molecule has 0 aliphatic carbocycles. The van der Waals surface area contributed by atoms with Crippen LogP contribution < -0.4 is 10.3 Å². The van der Waals surface area contributed by atoms with Crippen molar-refractivity contribution in [2.24, 2.45) is 0 Å². The lowest BCUT2D eigenvalue weighted by atomic mass is 10.0. The molecule has 1 N–H and O–H groups in total. The Balaban J connectivity index is 1.98. The van der Waals surface area contributed by atoms with E-state index < -0.39 is 0 Å². The number of hydrogen-bond acceptors (Lipinski definition) is 3. The fourth-order valence-corrected chi connectivity index (χ4v) is 3.26. The highest BCUT2D eigenvalue weighted by Crippen LogP contribution is 2.22. The van der Waals surface area contributed by atoms with Crippen LogP contribution in [0, 0.1) is 13.8 Å². The Morgan fingerprint density at radius 3 is 2.41 bits per heavy atom. The zero-order chi connectivity index (χ0) is 19.6. The van der Waals surface area contributed by atoms with E-state index in [0.29, 0.717) is 12.1 Å². The van der Waals surface area contributed by atoms with Gasteiger partial charge in [0.15, 0.2) is 0 Å². The Bertz CT molecular complexity index is 1050. The number of nitrogens with one attached hydrogen (secondary N) is 1. The maximum atomic E-state index is 12.6. The first-order chi connectivity index (χ1) is 12.9. The molecule has 1 heterocycles. The Labute approximate surface area is 158 Å². The number of fused-ring (bicyclic) bond motifs is 1. The molecule has 0 spiro atoms. The smallest absolute Gasteiger partial charge is 0.253 e. The summed E-state index contributed by atoms with van der Waals surface area (Å²) < 4.78 is 5.38. The van der Waals surface area contributed by atoms with Crippen molar-refractivity contribution in [1.29, 1.82) is 0 Å². The molecule has 0 atom stereocenters. The van der Waals surface area contributed by atoms with Crippen LogP contribution in [0.1, 0.15) is 29.2 Å². The number of methoxy groups -OCH3 is 1. The monoisotopic (exact) mass is 364 g/mol. The van der Waals surface area contributed by atoms with Gasteiger partial charge in [-0.25, -0.2) is 0 Å². The van der Waals surface area contributed by atoms with Gasteiger partial charge in [0, 0.05) is 30.0 Å². The molecule has 0 radical (unpaired) electrons. The van der Waals surface area contributed by atoms with E-state index in [4.69, 9.17) is 4.74 Å². The summed E-state index contributed by atoms with van der Waals surface area (Å²) in [6.07, 6.45) is 0. The molecule has 1 aromatic heterocycles. The van der Waals surface area contributed by atoms with Crippen LogP contribution in [0.25, 0.3) is 10.9 Å². The quantitative estimate of drug-likeness (QED) is 0.751. The zero-order valence-electron chi connectivity index (χ0n) is 16.1. The number of aromatic nitrogens is 1. The van der Waals surface area contributed by atoms with Crippen molar-refractivity contribution in [3.8, 4) is 5.75 Å². The molecule has 5 nitrogen and oxygen atoms in total. The van der Waals surface area contributed by atoms with Crippen molar-refractivity contribution in [1.82, 2.24) is 9.88 Å². The van der Waals surface area contributed by atoms with Crippen molar-refractivity contribution in [2.45, 2.75) is 33.9 Å². The third-order valence-corrected chi connectivity index (χ3v) is 4.88. The second-order valence-corrected chi connectivity index (χ2v) is 6.80. The van der Waals surface area contributed by atoms with Crippen molar-refractivity contribution in [3.05, 3.63) is 75.1 Å². The van der Waals surface area contributed by atoms with Crippen molar-refractivity contribution >= 4 is 16.8 Å². The number of aryl methyl sites for hydroxylation is 2. The summed E-state index contributed by atoms with van der Waals surface area (Å²) in [5, 5.41) is 1.00. The van der Waals surface area contributed by atoms with Crippen LogP contribution in [0.5, 0.6) is 5.75 Å². The predicted octanol–water partition coefficient (Wildman–Crippen LogP) is 3.70. The molecule has 1 amide bonds. The van der Waals surface area contributed by atoms with Crippen LogP contribution >= 0.6 is 0 Å². The molecule has 0 aliphatic heterocycles. The van der Waals surface area contributed by atoms with E-state index >= 15 is 0 Å². The molecule has 0 saturated heterocycles. The third kappa shape index (κ3) is 3.87. The van der Waals surface area contributed by atoms with E-state index in [-0.39, 0.29) is 18.0 Å². The van der Waals surface area contributed by atoms with Crippen LogP contribution in [0.3, 0.4) is 0 Å². The lowest BCUT2D eigenvalue weighted by Crippen LogP contribution is -2.30. The topological polar surface area (TPSA) is 62.4 Å². The summed E-state index contributed by atoms with van der Waals surface area (Å²) in [7, 11) is 1.61. The normalized spacial score (nSPS) is 10.8. The van der Waals surface area contributed by atoms with E-state index in [1.54, 1.807) is 12.0 Å². The first-order valence-corrected chi connectivity index (χ1v) is 8.90. The Kier molecular flexibility index (Phi) is 5.31. The Morgan fingerprint density at radius 1 is 1.04 bits per heavy atom. The van der Waals surface area contributed by atoms with Crippen molar-refractivity contribution < 1.29 is 9.53 Å². The number of benzene rings is 2. The fourth-order valence-electron chi connectivity index (χ4n) is 3.26. The number of hydrogen-bond donors (Lipinski definition) is 1. The van der Waals surface area contributed by atoms with Gasteiger partial charge in [-0.2, -0.15) is 0 Å². The second kappa shape index (κ2) is 7.66. The Hall–Kier alpha value is -3.08. The highest BCUT2D eigenvalue weighted by atomic mass is 16.5. The highest BCUT2D eigenvalue weighted by molar-refractivity contribution is 5.85. The minimum Gasteiger partial charge on any atom is -0.496 e. The molecule has 27 heavy (non-hydrogen) atoms. The van der Waals surface area contributed by atoms with Crippen LogP contribution in [-0.2, 0) is 17.9 Å². The number of carbonyl (C=O) groups excluding carboxylic acids is 1. The van der Waals surface area contributed by atoms with E-state index in [1.807, 2.05) is 56.3 Å². The number of rotatable bonds is 5. The summed E-state index contributed by atoms with van der Waals surface area (Å²) in [5.41, 5.74) is 4.27. The lowest BCUT2D eigenvalue weighted by molar-refractivity contribution is -0.130. The summed E-state index contributed by atoms with van der Waals surface area (Å²) >= 11 is 0. The minimum absolute atomic E-state index is 0.0960. The van der Waals surface area contributed by atoms with E-state index in [9.17, 15) is 9.59 Å². The van der Waals surface area contributed by atoms with Crippen molar-refractivity contribution in [2.75, 3.05) is 7.11 Å². The summed E-state index contributed by atoms with van der Waals surface area (Å²) in [6.45, 7) is 6.12. The first kappa shape index (κ1) is 18.7. The van der Waals surface area contributed by atoms with Gasteiger partial charge in [0.2, 0.25) is 5.91 Å². The van der Waals surface area contributed by atoms with Gasteiger partial charge in [0.25, 0.3) is 5.56 Å². The molecule has 5 heteroatoms. The molecule has 2 aromatic carbocycles. The van der Waals surface area contributed by atoms with E-state index in [0.717, 1.165) is 33.3 Å². The average molecular weight is 364 g/mol. The molecule has 0 saturated carbocycles. The second-order valence-electron chi connectivity index (χ2n) is 6.80. The SMILES string of the molecule is COc1ccccc1CN(Cc1cc2c(C)ccc(C)c2[nH]c1=O)C(C)=O. The zero-order valence-corrected chi connectivity index (χ0v) is 16.1. The molecule has 0 bridgehead atoms. The number of carbonyl (C=O) groups is 1. The lowest BCUT2D eigenvalue weighted by Gasteiger charge is -2.22. The standard InChI is InChI=1S/C22H24N2O3/c1-14-9-10-15(2)21-19(14)11-18(22(26)23-21)13-24(16(3)25)12-17-7-5-6-8-20(17)27-4/h5-11H,12-13H2,1-4H3,(H,23,26). The van der Waals surface area contributed by atoms with Gasteiger partial charge < -0.3 is 14.6 Å². The van der Waals surface area contributed by atoms with Gasteiger partial charge in [0.1, 0.15) is 5.75 Å². The molecular formula is C22H24N2O3. The summed E-state index contributed by atoms with van der Waals surface area (Å²) in [4.78, 5) is 29.5. The highest BCUT2D eigenvalue weighted by Gasteiger charge is 2.16. The molecular weight excluding hydrogens is 340 g/mol. The largest absolute Gasteiger partial charge is 0.496 e. The van der Waals surface area contributed by atoms with Crippen LogP contribution in [0.2, 0.25) is 0 Å². The average Bonchev–Trinajstić information content (AvgIpc) is 2.65.